The Bertz CT molecular complexity index is 795. The monoisotopic (exact) mass is 471 g/mol. The van der Waals surface area contributed by atoms with E-state index in [0.717, 1.165) is 30.2 Å². The SMILES string of the molecule is CCCC(CC1(Cc2ccc(Br)cc2)OCCO1)c1ccccc1N1CCCCC1. The molecule has 1 atom stereocenters. The van der Waals surface area contributed by atoms with E-state index in [9.17, 15) is 0 Å². The smallest absolute Gasteiger partial charge is 0.173 e. The molecule has 0 saturated carbocycles. The summed E-state index contributed by atoms with van der Waals surface area (Å²) in [6.45, 7) is 6.00. The largest absolute Gasteiger partial charge is 0.371 e. The third-order valence-electron chi connectivity index (χ3n) is 6.47. The molecule has 2 aliphatic heterocycles. The zero-order chi connectivity index (χ0) is 20.8. The molecule has 0 radical (unpaired) electrons. The van der Waals surface area contributed by atoms with Gasteiger partial charge in [0, 0.05) is 36.1 Å². The topological polar surface area (TPSA) is 21.7 Å². The van der Waals surface area contributed by atoms with Gasteiger partial charge in [0.15, 0.2) is 5.79 Å². The zero-order valence-corrected chi connectivity index (χ0v) is 19.7. The predicted molar refractivity (Wildman–Crippen MR) is 127 cm³/mol. The van der Waals surface area contributed by atoms with E-state index in [1.54, 1.807) is 0 Å². The van der Waals surface area contributed by atoms with Crippen LogP contribution < -0.4 is 4.90 Å². The van der Waals surface area contributed by atoms with Crippen LogP contribution in [0.2, 0.25) is 0 Å². The van der Waals surface area contributed by atoms with Crippen LogP contribution in [-0.2, 0) is 15.9 Å². The Labute approximate surface area is 189 Å². The minimum Gasteiger partial charge on any atom is -0.371 e. The molecule has 2 fully saturated rings. The Morgan fingerprint density at radius 1 is 0.967 bits per heavy atom. The zero-order valence-electron chi connectivity index (χ0n) is 18.1. The Kier molecular flexibility index (Phi) is 7.50. The molecule has 1 unspecified atom stereocenters. The number of piperidine rings is 1. The number of halogens is 1. The highest BCUT2D eigenvalue weighted by Crippen LogP contribution is 2.41. The van der Waals surface area contributed by atoms with Crippen LogP contribution in [-0.4, -0.2) is 32.1 Å². The van der Waals surface area contributed by atoms with Crippen molar-refractivity contribution in [1.82, 2.24) is 0 Å². The molecule has 4 heteroatoms. The van der Waals surface area contributed by atoms with Crippen molar-refractivity contribution in [2.45, 2.75) is 63.6 Å². The summed E-state index contributed by atoms with van der Waals surface area (Å²) in [7, 11) is 0. The summed E-state index contributed by atoms with van der Waals surface area (Å²) in [5, 5.41) is 0. The van der Waals surface area contributed by atoms with Crippen LogP contribution in [0.4, 0.5) is 5.69 Å². The number of hydrogen-bond donors (Lipinski definition) is 0. The number of anilines is 1. The molecular formula is C26H34BrNO2. The second kappa shape index (κ2) is 10.3. The van der Waals surface area contributed by atoms with Crippen molar-refractivity contribution in [2.75, 3.05) is 31.2 Å². The third kappa shape index (κ3) is 5.27. The molecule has 30 heavy (non-hydrogen) atoms. The fourth-order valence-electron chi connectivity index (χ4n) is 5.05. The van der Waals surface area contributed by atoms with Gasteiger partial charge in [-0.3, -0.25) is 0 Å². The van der Waals surface area contributed by atoms with E-state index in [1.165, 1.54) is 49.2 Å². The molecule has 0 amide bonds. The van der Waals surface area contributed by atoms with Crippen LogP contribution >= 0.6 is 15.9 Å². The molecule has 0 bridgehead atoms. The first-order valence-corrected chi connectivity index (χ1v) is 12.3. The summed E-state index contributed by atoms with van der Waals surface area (Å²) in [5.74, 6) is -0.0930. The van der Waals surface area contributed by atoms with Gasteiger partial charge in [-0.15, -0.1) is 0 Å². The standard InChI is InChI=1S/C26H34BrNO2/c1-2-8-22(24-9-4-5-10-25(24)28-15-6-3-7-16-28)20-26(29-17-18-30-26)19-21-11-13-23(27)14-12-21/h4-5,9-14,22H,2-3,6-8,15-20H2,1H3. The molecule has 0 aromatic heterocycles. The van der Waals surface area contributed by atoms with E-state index >= 15 is 0 Å². The van der Waals surface area contributed by atoms with E-state index in [2.05, 4.69) is 76.3 Å². The molecule has 0 N–H and O–H groups in total. The average Bonchev–Trinajstić information content (AvgIpc) is 3.24. The van der Waals surface area contributed by atoms with Gasteiger partial charge in [0.1, 0.15) is 0 Å². The number of ether oxygens (including phenoxy) is 2. The molecule has 4 rings (SSSR count). The van der Waals surface area contributed by atoms with E-state index in [4.69, 9.17) is 9.47 Å². The van der Waals surface area contributed by atoms with Gasteiger partial charge in [-0.05, 0) is 60.9 Å². The summed E-state index contributed by atoms with van der Waals surface area (Å²) in [6.07, 6.45) is 7.97. The molecule has 2 aromatic rings. The normalized spacial score (nSPS) is 19.7. The van der Waals surface area contributed by atoms with Crippen molar-refractivity contribution in [2.24, 2.45) is 0 Å². The molecule has 2 saturated heterocycles. The lowest BCUT2D eigenvalue weighted by molar-refractivity contribution is -0.164. The van der Waals surface area contributed by atoms with Crippen molar-refractivity contribution in [3.8, 4) is 0 Å². The van der Waals surface area contributed by atoms with E-state index in [0.29, 0.717) is 19.1 Å². The van der Waals surface area contributed by atoms with Crippen LogP contribution in [0.1, 0.15) is 62.5 Å². The lowest BCUT2D eigenvalue weighted by Gasteiger charge is -2.36. The summed E-state index contributed by atoms with van der Waals surface area (Å²) in [6, 6.07) is 17.6. The highest BCUT2D eigenvalue weighted by Gasteiger charge is 2.39. The van der Waals surface area contributed by atoms with Crippen molar-refractivity contribution in [3.05, 3.63) is 64.1 Å². The van der Waals surface area contributed by atoms with Gasteiger partial charge in [0.05, 0.1) is 13.2 Å². The Morgan fingerprint density at radius 3 is 2.37 bits per heavy atom. The van der Waals surface area contributed by atoms with Crippen LogP contribution in [0, 0.1) is 0 Å². The van der Waals surface area contributed by atoms with Gasteiger partial charge in [0.2, 0.25) is 0 Å². The van der Waals surface area contributed by atoms with Crippen LogP contribution in [0.5, 0.6) is 0 Å². The first-order chi connectivity index (χ1) is 14.7. The van der Waals surface area contributed by atoms with Gasteiger partial charge in [-0.25, -0.2) is 0 Å². The maximum Gasteiger partial charge on any atom is 0.173 e. The van der Waals surface area contributed by atoms with Crippen molar-refractivity contribution in [1.29, 1.82) is 0 Å². The first-order valence-electron chi connectivity index (χ1n) is 11.6. The molecule has 0 spiro atoms. The molecule has 3 nitrogen and oxygen atoms in total. The summed E-state index contributed by atoms with van der Waals surface area (Å²) in [5.41, 5.74) is 4.16. The van der Waals surface area contributed by atoms with Crippen LogP contribution in [0.25, 0.3) is 0 Å². The van der Waals surface area contributed by atoms with Gasteiger partial charge >= 0.3 is 0 Å². The molecule has 2 aliphatic rings. The molecule has 2 heterocycles. The maximum absolute atomic E-state index is 6.31. The van der Waals surface area contributed by atoms with Gasteiger partial charge in [-0.2, -0.15) is 0 Å². The molecule has 0 aliphatic carbocycles. The number of para-hydroxylation sites is 1. The second-order valence-corrected chi connectivity index (χ2v) is 9.62. The summed E-state index contributed by atoms with van der Waals surface area (Å²) in [4.78, 5) is 2.60. The quantitative estimate of drug-likeness (QED) is 0.427. The number of rotatable bonds is 8. The Balaban J connectivity index is 1.60. The molecule has 162 valence electrons. The Hall–Kier alpha value is -1.36. The van der Waals surface area contributed by atoms with Crippen LogP contribution in [0.3, 0.4) is 0 Å². The van der Waals surface area contributed by atoms with Crippen molar-refractivity contribution < 1.29 is 9.47 Å². The second-order valence-electron chi connectivity index (χ2n) is 8.71. The van der Waals surface area contributed by atoms with Gasteiger partial charge in [-0.1, -0.05) is 59.6 Å². The fourth-order valence-corrected chi connectivity index (χ4v) is 5.31. The van der Waals surface area contributed by atoms with Crippen molar-refractivity contribution >= 4 is 21.6 Å². The minimum absolute atomic E-state index is 0.432. The number of hydrogen-bond acceptors (Lipinski definition) is 3. The maximum atomic E-state index is 6.31. The van der Waals surface area contributed by atoms with E-state index in [1.807, 2.05) is 0 Å². The average molecular weight is 472 g/mol. The van der Waals surface area contributed by atoms with Gasteiger partial charge < -0.3 is 14.4 Å². The lowest BCUT2D eigenvalue weighted by Crippen LogP contribution is -2.36. The molecule has 2 aromatic carbocycles. The third-order valence-corrected chi connectivity index (χ3v) is 7.00. The minimum atomic E-state index is -0.525. The van der Waals surface area contributed by atoms with Gasteiger partial charge in [0.25, 0.3) is 0 Å². The Morgan fingerprint density at radius 2 is 1.67 bits per heavy atom. The van der Waals surface area contributed by atoms with Crippen molar-refractivity contribution in [3.63, 3.8) is 0 Å². The fraction of sp³-hybridized carbons (Fsp3) is 0.538. The van der Waals surface area contributed by atoms with E-state index < -0.39 is 5.79 Å². The number of nitrogens with zero attached hydrogens (tertiary/aromatic N) is 1. The van der Waals surface area contributed by atoms with Crippen LogP contribution in [0.15, 0.2) is 53.0 Å². The summed E-state index contributed by atoms with van der Waals surface area (Å²) >= 11 is 3.54. The highest BCUT2D eigenvalue weighted by atomic mass is 79.9. The number of benzene rings is 2. The molecular weight excluding hydrogens is 438 g/mol. The highest BCUT2D eigenvalue weighted by molar-refractivity contribution is 9.10. The summed E-state index contributed by atoms with van der Waals surface area (Å²) < 4.78 is 13.7. The first kappa shape index (κ1) is 21.9. The lowest BCUT2D eigenvalue weighted by atomic mass is 9.84. The predicted octanol–water partition coefficient (Wildman–Crippen LogP) is 6.70. The van der Waals surface area contributed by atoms with E-state index in [-0.39, 0.29) is 0 Å².